The molecule has 0 aliphatic carbocycles. The minimum Gasteiger partial charge on any atom is -0.481 e. The molecule has 0 bridgehead atoms. The van der Waals surface area contributed by atoms with Crippen LogP contribution >= 0.6 is 0 Å². The smallest absolute Gasteiger partial charge is 0.319 e. The maximum atomic E-state index is 12.5. The molecule has 3 aromatic rings. The zero-order valence-corrected chi connectivity index (χ0v) is 19.4. The highest BCUT2D eigenvalue weighted by Gasteiger charge is 2.19. The van der Waals surface area contributed by atoms with Gasteiger partial charge in [0, 0.05) is 30.2 Å². The number of carboxylic acids is 1. The molecular weight excluding hydrogens is 462 g/mol. The molecule has 5 N–H and O–H groups in total. The van der Waals surface area contributed by atoms with Gasteiger partial charge < -0.3 is 26.4 Å². The van der Waals surface area contributed by atoms with E-state index in [-0.39, 0.29) is 18.5 Å². The van der Waals surface area contributed by atoms with Crippen LogP contribution in [0.2, 0.25) is 0 Å². The molecule has 3 rings (SSSR count). The van der Waals surface area contributed by atoms with Crippen molar-refractivity contribution >= 4 is 29.5 Å². The van der Waals surface area contributed by atoms with E-state index in [1.165, 1.54) is 12.3 Å². The monoisotopic (exact) mass is 489 g/mol. The normalized spacial score (nSPS) is 11.1. The average molecular weight is 490 g/mol. The van der Waals surface area contributed by atoms with Gasteiger partial charge in [-0.1, -0.05) is 42.5 Å². The van der Waals surface area contributed by atoms with Gasteiger partial charge in [0.2, 0.25) is 5.91 Å². The van der Waals surface area contributed by atoms with Crippen molar-refractivity contribution in [1.29, 1.82) is 0 Å². The lowest BCUT2D eigenvalue weighted by molar-refractivity contribution is -0.137. The molecule has 36 heavy (non-hydrogen) atoms. The number of rotatable bonds is 11. The molecule has 2 aromatic carbocycles. The Bertz CT molecular complexity index is 1190. The Morgan fingerprint density at radius 2 is 1.72 bits per heavy atom. The van der Waals surface area contributed by atoms with E-state index >= 15 is 0 Å². The van der Waals surface area contributed by atoms with Crippen molar-refractivity contribution in [2.24, 2.45) is 0 Å². The Balaban J connectivity index is 1.48. The molecule has 10 heteroatoms. The molecule has 0 aliphatic heterocycles. The number of urea groups is 1. The summed E-state index contributed by atoms with van der Waals surface area (Å²) < 4.78 is 0. The molecule has 4 amide bonds. The summed E-state index contributed by atoms with van der Waals surface area (Å²) in [5, 5.41) is 19.7. The first-order valence-corrected chi connectivity index (χ1v) is 11.3. The first-order chi connectivity index (χ1) is 17.4. The summed E-state index contributed by atoms with van der Waals surface area (Å²) in [5.41, 5.74) is 2.32. The third kappa shape index (κ3) is 8.56. The van der Waals surface area contributed by atoms with Crippen LogP contribution in [0.4, 0.5) is 10.5 Å². The summed E-state index contributed by atoms with van der Waals surface area (Å²) in [5.74, 6) is -2.15. The molecule has 1 atom stereocenters. The predicted molar refractivity (Wildman–Crippen MR) is 133 cm³/mol. The average Bonchev–Trinajstić information content (AvgIpc) is 2.88. The Labute approximate surface area is 208 Å². The number of aliphatic carboxylic acids is 1. The number of anilines is 1. The van der Waals surface area contributed by atoms with Crippen LogP contribution in [0.5, 0.6) is 0 Å². The van der Waals surface area contributed by atoms with Crippen LogP contribution in [0.3, 0.4) is 0 Å². The molecule has 0 fully saturated rings. The van der Waals surface area contributed by atoms with Crippen molar-refractivity contribution in [2.45, 2.75) is 18.9 Å². The van der Waals surface area contributed by atoms with Gasteiger partial charge in [-0.05, 0) is 41.8 Å². The zero-order valence-electron chi connectivity index (χ0n) is 19.4. The first-order valence-electron chi connectivity index (χ1n) is 11.3. The van der Waals surface area contributed by atoms with Crippen molar-refractivity contribution < 1.29 is 24.3 Å². The van der Waals surface area contributed by atoms with Crippen molar-refractivity contribution in [3.63, 3.8) is 0 Å². The van der Waals surface area contributed by atoms with Crippen molar-refractivity contribution in [3.05, 3.63) is 95.8 Å². The van der Waals surface area contributed by atoms with E-state index in [2.05, 4.69) is 26.3 Å². The summed E-state index contributed by atoms with van der Waals surface area (Å²) in [6.07, 6.45) is 3.38. The lowest BCUT2D eigenvalue weighted by Crippen LogP contribution is -2.39. The molecule has 0 saturated heterocycles. The van der Waals surface area contributed by atoms with Crippen molar-refractivity contribution in [1.82, 2.24) is 20.9 Å². The topological polar surface area (TPSA) is 150 Å². The number of benzene rings is 2. The number of amides is 4. The summed E-state index contributed by atoms with van der Waals surface area (Å²) in [6, 6.07) is 18.2. The molecule has 186 valence electrons. The van der Waals surface area contributed by atoms with E-state index in [4.69, 9.17) is 5.11 Å². The number of aromatic nitrogens is 1. The summed E-state index contributed by atoms with van der Waals surface area (Å²) in [4.78, 5) is 52.2. The Kier molecular flexibility index (Phi) is 9.51. The van der Waals surface area contributed by atoms with Gasteiger partial charge in [-0.25, -0.2) is 4.79 Å². The van der Waals surface area contributed by atoms with Crippen LogP contribution < -0.4 is 21.3 Å². The molecule has 1 heterocycles. The highest BCUT2D eigenvalue weighted by Crippen LogP contribution is 2.15. The SMILES string of the molecule is O=C(O)CC(NC(=O)CNC(=O)c1cccc(NC(=O)NCCc2ccccc2)c1)c1cccnc1. The van der Waals surface area contributed by atoms with E-state index in [9.17, 15) is 19.2 Å². The molecule has 1 unspecified atom stereocenters. The largest absolute Gasteiger partial charge is 0.481 e. The van der Waals surface area contributed by atoms with Crippen LogP contribution in [0.1, 0.15) is 33.9 Å². The molecule has 0 saturated carbocycles. The van der Waals surface area contributed by atoms with Gasteiger partial charge in [0.1, 0.15) is 0 Å². The van der Waals surface area contributed by atoms with E-state index in [0.29, 0.717) is 24.2 Å². The molecule has 0 aliphatic rings. The van der Waals surface area contributed by atoms with Crippen LogP contribution in [0.25, 0.3) is 0 Å². The first kappa shape index (κ1) is 25.9. The minimum absolute atomic E-state index is 0.249. The summed E-state index contributed by atoms with van der Waals surface area (Å²) >= 11 is 0. The second-order valence-corrected chi connectivity index (χ2v) is 7.88. The molecule has 0 radical (unpaired) electrons. The van der Waals surface area contributed by atoms with Gasteiger partial charge in [-0.15, -0.1) is 0 Å². The highest BCUT2D eigenvalue weighted by molar-refractivity contribution is 5.98. The molecular formula is C26H27N5O5. The highest BCUT2D eigenvalue weighted by atomic mass is 16.4. The number of hydrogen-bond donors (Lipinski definition) is 5. The van der Waals surface area contributed by atoms with Crippen LogP contribution in [-0.2, 0) is 16.0 Å². The number of carbonyl (C=O) groups excluding carboxylic acids is 3. The lowest BCUT2D eigenvalue weighted by Gasteiger charge is -2.17. The maximum absolute atomic E-state index is 12.5. The predicted octanol–water partition coefficient (Wildman–Crippen LogP) is 2.51. The maximum Gasteiger partial charge on any atom is 0.319 e. The van der Waals surface area contributed by atoms with E-state index in [0.717, 1.165) is 5.56 Å². The Hall–Kier alpha value is -4.73. The van der Waals surface area contributed by atoms with Crippen molar-refractivity contribution in [2.75, 3.05) is 18.4 Å². The number of nitrogens with zero attached hydrogens (tertiary/aromatic N) is 1. The molecule has 10 nitrogen and oxygen atoms in total. The molecule has 0 spiro atoms. The lowest BCUT2D eigenvalue weighted by atomic mass is 10.1. The number of nitrogens with one attached hydrogen (secondary N) is 4. The second kappa shape index (κ2) is 13.2. The van der Waals surface area contributed by atoms with Gasteiger partial charge in [0.25, 0.3) is 5.91 Å². The molecule has 1 aromatic heterocycles. The second-order valence-electron chi connectivity index (χ2n) is 7.88. The van der Waals surface area contributed by atoms with Gasteiger partial charge in [-0.3, -0.25) is 19.4 Å². The quantitative estimate of drug-likeness (QED) is 0.279. The fraction of sp³-hybridized carbons (Fsp3) is 0.192. The Morgan fingerprint density at radius 3 is 2.44 bits per heavy atom. The zero-order chi connectivity index (χ0) is 25.8. The number of carboxylic acid groups (broad SMARTS) is 1. The van der Waals surface area contributed by atoms with Gasteiger partial charge >= 0.3 is 12.0 Å². The van der Waals surface area contributed by atoms with Gasteiger partial charge in [0.05, 0.1) is 19.0 Å². The number of carbonyl (C=O) groups is 4. The fourth-order valence-corrected chi connectivity index (χ4v) is 3.40. The van der Waals surface area contributed by atoms with E-state index in [1.54, 1.807) is 36.5 Å². The third-order valence-corrected chi connectivity index (χ3v) is 5.13. The Morgan fingerprint density at radius 1 is 0.917 bits per heavy atom. The van der Waals surface area contributed by atoms with E-state index in [1.807, 2.05) is 30.3 Å². The summed E-state index contributed by atoms with van der Waals surface area (Å²) in [7, 11) is 0. The van der Waals surface area contributed by atoms with Crippen molar-refractivity contribution in [3.8, 4) is 0 Å². The van der Waals surface area contributed by atoms with Gasteiger partial charge in [0.15, 0.2) is 0 Å². The number of hydrogen-bond acceptors (Lipinski definition) is 5. The van der Waals surface area contributed by atoms with Gasteiger partial charge in [-0.2, -0.15) is 0 Å². The van der Waals surface area contributed by atoms with Crippen LogP contribution in [-0.4, -0.2) is 47.0 Å². The fourth-order valence-electron chi connectivity index (χ4n) is 3.40. The summed E-state index contributed by atoms with van der Waals surface area (Å²) in [6.45, 7) is 0.0971. The minimum atomic E-state index is -1.08. The standard InChI is InChI=1S/C26H27N5O5/c32-23(31-22(15-24(33)34)20-9-5-12-27-16-20)17-29-25(35)19-8-4-10-21(14-19)30-26(36)28-13-11-18-6-2-1-3-7-18/h1-10,12,14,16,22H,11,13,15,17H2,(H,29,35)(H,31,32)(H,33,34)(H2,28,30,36). The third-order valence-electron chi connectivity index (χ3n) is 5.13. The van der Waals surface area contributed by atoms with Crippen LogP contribution in [0.15, 0.2) is 79.1 Å². The van der Waals surface area contributed by atoms with E-state index < -0.39 is 29.9 Å². The van der Waals surface area contributed by atoms with Crippen LogP contribution in [0, 0.1) is 0 Å². The number of pyridine rings is 1.